The van der Waals surface area contributed by atoms with Gasteiger partial charge in [0.05, 0.1) is 5.75 Å². The second kappa shape index (κ2) is 10.5. The highest BCUT2D eigenvalue weighted by atomic mass is 32.2. The smallest absolute Gasteiger partial charge is 0.316 e. The van der Waals surface area contributed by atoms with Gasteiger partial charge in [0, 0.05) is 28.0 Å². The summed E-state index contributed by atoms with van der Waals surface area (Å²) in [6.45, 7) is 0.299. The molecule has 2 aliphatic carbocycles. The van der Waals surface area contributed by atoms with Crippen molar-refractivity contribution in [2.24, 2.45) is 0 Å². The quantitative estimate of drug-likeness (QED) is 0.197. The fourth-order valence-corrected chi connectivity index (χ4v) is 5.70. The van der Waals surface area contributed by atoms with E-state index in [0.29, 0.717) is 17.7 Å². The maximum absolute atomic E-state index is 13.1. The van der Waals surface area contributed by atoms with E-state index in [4.69, 9.17) is 4.74 Å². The molecular weight excluding hydrogens is 458 g/mol. The van der Waals surface area contributed by atoms with E-state index in [2.05, 4.69) is 11.4 Å². The van der Waals surface area contributed by atoms with Gasteiger partial charge < -0.3 is 10.1 Å². The van der Waals surface area contributed by atoms with Gasteiger partial charge in [0.1, 0.15) is 0 Å². The molecule has 0 heterocycles. The largest absolute Gasteiger partial charge is 0.455 e. The van der Waals surface area contributed by atoms with Gasteiger partial charge in [0.15, 0.2) is 12.4 Å². The Morgan fingerprint density at radius 2 is 1.74 bits per heavy atom. The number of fused-ring (bicyclic) bond motifs is 2. The number of carbonyl (C=O) groups excluding carboxylic acids is 3. The van der Waals surface area contributed by atoms with Crippen LogP contribution in [0.5, 0.6) is 0 Å². The number of ketones is 1. The number of allylic oxidation sites excluding steroid dienone is 1. The van der Waals surface area contributed by atoms with Gasteiger partial charge in [-0.05, 0) is 54.7 Å². The monoisotopic (exact) mass is 485 g/mol. The van der Waals surface area contributed by atoms with E-state index in [0.717, 1.165) is 46.1 Å². The second-order valence-corrected chi connectivity index (χ2v) is 9.89. The minimum atomic E-state index is -0.443. The Morgan fingerprint density at radius 3 is 2.57 bits per heavy atom. The molecule has 6 heteroatoms. The van der Waals surface area contributed by atoms with Crippen LogP contribution in [0.25, 0.3) is 21.9 Å². The molecule has 3 aromatic carbocycles. The van der Waals surface area contributed by atoms with Crippen molar-refractivity contribution < 1.29 is 19.1 Å². The predicted octanol–water partition coefficient (Wildman–Crippen LogP) is 5.69. The van der Waals surface area contributed by atoms with Gasteiger partial charge in [0.25, 0.3) is 5.91 Å². The molecule has 178 valence electrons. The molecule has 2 aliphatic rings. The molecule has 0 fully saturated rings. The van der Waals surface area contributed by atoms with Gasteiger partial charge >= 0.3 is 5.97 Å². The summed E-state index contributed by atoms with van der Waals surface area (Å²) in [6.07, 6.45) is 7.83. The number of thioether (sulfide) groups is 1. The molecule has 1 amide bonds. The first kappa shape index (κ1) is 23.4. The number of hydrogen-bond acceptors (Lipinski definition) is 5. The molecule has 3 aromatic rings. The first-order chi connectivity index (χ1) is 17.1. The molecule has 1 N–H and O–H groups in total. The summed E-state index contributed by atoms with van der Waals surface area (Å²) in [4.78, 5) is 38.3. The van der Waals surface area contributed by atoms with Gasteiger partial charge in [-0.25, -0.2) is 0 Å². The van der Waals surface area contributed by atoms with Crippen LogP contribution in [0.4, 0.5) is 0 Å². The first-order valence-electron chi connectivity index (χ1n) is 12.0. The van der Waals surface area contributed by atoms with Crippen molar-refractivity contribution >= 4 is 40.2 Å². The Bertz CT molecular complexity index is 1340. The SMILES string of the molecule is O=C(COC(=O)CSc1ccc2c3c(cccc13)C(=O)c1ccccc1-2)NCCC1=CCCCC1. The summed E-state index contributed by atoms with van der Waals surface area (Å²) in [5.74, 6) is -0.616. The van der Waals surface area contributed by atoms with Crippen molar-refractivity contribution in [1.29, 1.82) is 0 Å². The van der Waals surface area contributed by atoms with Gasteiger partial charge in [-0.3, -0.25) is 14.4 Å². The summed E-state index contributed by atoms with van der Waals surface area (Å²) in [5, 5.41) is 4.68. The maximum atomic E-state index is 13.1. The molecule has 0 radical (unpaired) electrons. The highest BCUT2D eigenvalue weighted by Crippen LogP contribution is 2.42. The number of rotatable bonds is 8. The van der Waals surface area contributed by atoms with Crippen LogP contribution >= 0.6 is 11.8 Å². The highest BCUT2D eigenvalue weighted by Gasteiger charge is 2.25. The lowest BCUT2D eigenvalue weighted by molar-refractivity contribution is -0.145. The molecule has 0 aromatic heterocycles. The Labute approximate surface area is 208 Å². The molecule has 0 spiro atoms. The second-order valence-electron chi connectivity index (χ2n) is 8.87. The average Bonchev–Trinajstić information content (AvgIpc) is 2.90. The molecule has 35 heavy (non-hydrogen) atoms. The van der Waals surface area contributed by atoms with Crippen LogP contribution in [0.1, 0.15) is 48.0 Å². The van der Waals surface area contributed by atoms with Crippen molar-refractivity contribution in [2.45, 2.75) is 37.0 Å². The molecular formula is C29H27NO4S. The lowest BCUT2D eigenvalue weighted by atomic mass is 9.83. The van der Waals surface area contributed by atoms with Crippen LogP contribution in [-0.2, 0) is 14.3 Å². The lowest BCUT2D eigenvalue weighted by Gasteiger charge is -2.21. The number of ether oxygens (including phenoxy) is 1. The number of esters is 1. The lowest BCUT2D eigenvalue weighted by Crippen LogP contribution is -2.30. The Kier molecular flexibility index (Phi) is 7.00. The van der Waals surface area contributed by atoms with E-state index in [9.17, 15) is 14.4 Å². The third-order valence-electron chi connectivity index (χ3n) is 6.57. The number of carbonyl (C=O) groups is 3. The molecule has 0 aliphatic heterocycles. The molecule has 5 rings (SSSR count). The van der Waals surface area contributed by atoms with Crippen molar-refractivity contribution in [3.8, 4) is 11.1 Å². The van der Waals surface area contributed by atoms with Crippen LogP contribution in [0.2, 0.25) is 0 Å². The van der Waals surface area contributed by atoms with Crippen LogP contribution in [0.3, 0.4) is 0 Å². The van der Waals surface area contributed by atoms with Crippen LogP contribution in [0.15, 0.2) is 71.1 Å². The highest BCUT2D eigenvalue weighted by molar-refractivity contribution is 8.00. The van der Waals surface area contributed by atoms with Crippen LogP contribution in [0, 0.1) is 0 Å². The topological polar surface area (TPSA) is 72.5 Å². The van der Waals surface area contributed by atoms with E-state index in [-0.39, 0.29) is 24.1 Å². The van der Waals surface area contributed by atoms with Crippen molar-refractivity contribution in [2.75, 3.05) is 18.9 Å². The zero-order chi connectivity index (χ0) is 24.2. The predicted molar refractivity (Wildman–Crippen MR) is 139 cm³/mol. The van der Waals surface area contributed by atoms with Gasteiger partial charge in [0.2, 0.25) is 0 Å². The minimum Gasteiger partial charge on any atom is -0.455 e. The van der Waals surface area contributed by atoms with Crippen molar-refractivity contribution in [1.82, 2.24) is 5.32 Å². The van der Waals surface area contributed by atoms with E-state index in [1.807, 2.05) is 54.6 Å². The Morgan fingerprint density at radius 1 is 0.914 bits per heavy atom. The van der Waals surface area contributed by atoms with Crippen molar-refractivity contribution in [3.05, 3.63) is 77.4 Å². The zero-order valence-electron chi connectivity index (χ0n) is 19.5. The van der Waals surface area contributed by atoms with Crippen LogP contribution < -0.4 is 5.32 Å². The fourth-order valence-electron chi connectivity index (χ4n) is 4.85. The summed E-state index contributed by atoms with van der Waals surface area (Å²) in [5.41, 5.74) is 4.75. The van der Waals surface area contributed by atoms with Gasteiger partial charge in [-0.2, -0.15) is 0 Å². The first-order valence-corrected chi connectivity index (χ1v) is 13.0. The van der Waals surface area contributed by atoms with Gasteiger partial charge in [-0.15, -0.1) is 11.8 Å². The third-order valence-corrected chi connectivity index (χ3v) is 7.62. The summed E-state index contributed by atoms with van der Waals surface area (Å²) < 4.78 is 5.18. The molecule has 0 atom stereocenters. The molecule has 0 unspecified atom stereocenters. The average molecular weight is 486 g/mol. The molecule has 0 bridgehead atoms. The normalized spacial score (nSPS) is 14.3. The number of nitrogens with one attached hydrogen (secondary N) is 1. The summed E-state index contributed by atoms with van der Waals surface area (Å²) in [7, 11) is 0. The fraction of sp³-hybridized carbons (Fsp3) is 0.276. The minimum absolute atomic E-state index is 0.0195. The van der Waals surface area contributed by atoms with Crippen molar-refractivity contribution in [3.63, 3.8) is 0 Å². The molecule has 0 saturated heterocycles. The summed E-state index contributed by atoms with van der Waals surface area (Å²) >= 11 is 1.36. The third kappa shape index (κ3) is 5.03. The number of amides is 1. The van der Waals surface area contributed by atoms with E-state index in [1.54, 1.807) is 0 Å². The molecule has 5 nitrogen and oxygen atoms in total. The number of hydrogen-bond donors (Lipinski definition) is 1. The van der Waals surface area contributed by atoms with E-state index in [1.165, 1.54) is 30.2 Å². The zero-order valence-corrected chi connectivity index (χ0v) is 20.3. The maximum Gasteiger partial charge on any atom is 0.316 e. The number of benzene rings is 3. The Balaban J connectivity index is 1.19. The van der Waals surface area contributed by atoms with Gasteiger partial charge in [-0.1, -0.05) is 60.2 Å². The standard InChI is InChI=1S/C29H27NO4S/c31-26(30-16-15-19-7-2-1-3-8-19)17-34-27(32)18-35-25-14-13-21-20-9-4-5-10-22(20)29(33)24-12-6-11-23(25)28(21)24/h4-7,9-14H,1-3,8,15-18H2,(H,30,31). The van der Waals surface area contributed by atoms with E-state index < -0.39 is 5.97 Å². The van der Waals surface area contributed by atoms with E-state index >= 15 is 0 Å². The Hall–Kier alpha value is -3.38. The van der Waals surface area contributed by atoms with Crippen LogP contribution in [-0.4, -0.2) is 36.6 Å². The summed E-state index contributed by atoms with van der Waals surface area (Å²) in [6, 6.07) is 17.4. The molecule has 0 saturated carbocycles.